The minimum absolute atomic E-state index is 0.132. The van der Waals surface area contributed by atoms with Crippen molar-refractivity contribution >= 4 is 10.0 Å². The predicted molar refractivity (Wildman–Crippen MR) is 77.2 cm³/mol. The van der Waals surface area contributed by atoms with Crippen LogP contribution in [0.4, 0.5) is 0 Å². The highest BCUT2D eigenvalue weighted by molar-refractivity contribution is 7.89. The molecular formula is C14H23N3O2S. The summed E-state index contributed by atoms with van der Waals surface area (Å²) in [5, 5.41) is 0.291. The number of nitrogens with zero attached hydrogens (tertiary/aromatic N) is 2. The van der Waals surface area contributed by atoms with Gasteiger partial charge in [0.15, 0.2) is 5.03 Å². The van der Waals surface area contributed by atoms with Crippen LogP contribution in [-0.4, -0.2) is 24.0 Å². The Labute approximate surface area is 120 Å². The molecule has 1 aromatic rings. The van der Waals surface area contributed by atoms with Crippen LogP contribution in [-0.2, 0) is 22.9 Å². The smallest absolute Gasteiger partial charge is 0.260 e. The van der Waals surface area contributed by atoms with E-state index < -0.39 is 10.0 Å². The Morgan fingerprint density at radius 3 is 2.75 bits per heavy atom. The number of nitrogens with one attached hydrogen (secondary N) is 1. The van der Waals surface area contributed by atoms with Crippen LogP contribution in [0.2, 0.25) is 0 Å². The Kier molecular flexibility index (Phi) is 3.62. The fourth-order valence-electron chi connectivity index (χ4n) is 3.03. The Hall–Kier alpha value is -0.880. The summed E-state index contributed by atoms with van der Waals surface area (Å²) >= 11 is 0. The largest absolute Gasteiger partial charge is 0.328 e. The third-order valence-corrected chi connectivity index (χ3v) is 5.63. The van der Waals surface area contributed by atoms with Crippen LogP contribution in [0, 0.1) is 0 Å². The molecule has 1 unspecified atom stereocenters. The zero-order valence-corrected chi connectivity index (χ0v) is 13.0. The van der Waals surface area contributed by atoms with Gasteiger partial charge < -0.3 is 4.57 Å². The van der Waals surface area contributed by atoms with E-state index >= 15 is 0 Å². The van der Waals surface area contributed by atoms with Gasteiger partial charge >= 0.3 is 0 Å². The summed E-state index contributed by atoms with van der Waals surface area (Å²) in [5.74, 6) is 0.936. The van der Waals surface area contributed by atoms with Gasteiger partial charge in [-0.1, -0.05) is 6.92 Å². The number of fused-ring (bicyclic) bond motifs is 1. The van der Waals surface area contributed by atoms with Gasteiger partial charge in [-0.25, -0.2) is 18.1 Å². The van der Waals surface area contributed by atoms with Crippen molar-refractivity contribution in [3.05, 3.63) is 11.5 Å². The summed E-state index contributed by atoms with van der Waals surface area (Å²) < 4.78 is 29.9. The van der Waals surface area contributed by atoms with E-state index in [1.165, 1.54) is 0 Å². The molecule has 1 aliphatic carbocycles. The maximum absolute atomic E-state index is 12.5. The molecule has 112 valence electrons. The van der Waals surface area contributed by atoms with Gasteiger partial charge in [-0.05, 0) is 45.4 Å². The number of aromatic nitrogens is 2. The van der Waals surface area contributed by atoms with Crippen molar-refractivity contribution in [2.24, 2.45) is 0 Å². The van der Waals surface area contributed by atoms with Crippen molar-refractivity contribution in [2.75, 3.05) is 0 Å². The van der Waals surface area contributed by atoms with E-state index in [4.69, 9.17) is 0 Å². The van der Waals surface area contributed by atoms with Crippen LogP contribution < -0.4 is 4.72 Å². The van der Waals surface area contributed by atoms with E-state index in [2.05, 4.69) is 28.1 Å². The van der Waals surface area contributed by atoms with Gasteiger partial charge in [0.2, 0.25) is 0 Å². The summed E-state index contributed by atoms with van der Waals surface area (Å²) in [6.45, 7) is 4.26. The topological polar surface area (TPSA) is 64.0 Å². The second-order valence-electron chi connectivity index (χ2n) is 6.04. The molecule has 0 radical (unpaired) electrons. The lowest BCUT2D eigenvalue weighted by atomic mass is 10.0. The molecule has 0 spiro atoms. The van der Waals surface area contributed by atoms with Crippen molar-refractivity contribution < 1.29 is 8.42 Å². The monoisotopic (exact) mass is 297 g/mol. The van der Waals surface area contributed by atoms with Gasteiger partial charge in [-0.15, -0.1) is 0 Å². The predicted octanol–water partition coefficient (Wildman–Crippen LogP) is 2.17. The van der Waals surface area contributed by atoms with Crippen molar-refractivity contribution in [2.45, 2.75) is 75.9 Å². The van der Waals surface area contributed by atoms with E-state index in [1.54, 1.807) is 0 Å². The summed E-state index contributed by atoms with van der Waals surface area (Å²) in [4.78, 5) is 4.50. The molecule has 1 aromatic heterocycles. The van der Waals surface area contributed by atoms with E-state index in [9.17, 15) is 8.42 Å². The first-order chi connectivity index (χ1) is 9.53. The van der Waals surface area contributed by atoms with Crippen LogP contribution in [0.1, 0.15) is 63.5 Å². The highest BCUT2D eigenvalue weighted by Gasteiger charge is 2.34. The summed E-state index contributed by atoms with van der Waals surface area (Å²) in [5.41, 5.74) is 0.917. The molecule has 2 aliphatic rings. The minimum Gasteiger partial charge on any atom is -0.328 e. The molecule has 2 heterocycles. The molecule has 1 saturated carbocycles. The lowest BCUT2D eigenvalue weighted by Crippen LogP contribution is -2.28. The lowest BCUT2D eigenvalue weighted by molar-refractivity contribution is 0.414. The van der Waals surface area contributed by atoms with Crippen LogP contribution in [0.3, 0.4) is 0 Å². The number of aryl methyl sites for hydroxylation is 1. The number of imidazole rings is 1. The van der Waals surface area contributed by atoms with Crippen LogP contribution >= 0.6 is 0 Å². The molecule has 6 heteroatoms. The first-order valence-corrected chi connectivity index (χ1v) is 9.13. The lowest BCUT2D eigenvalue weighted by Gasteiger charge is -2.24. The summed E-state index contributed by atoms with van der Waals surface area (Å²) in [6, 6.07) is 0.491. The van der Waals surface area contributed by atoms with Crippen LogP contribution in [0.5, 0.6) is 0 Å². The average Bonchev–Trinajstić information content (AvgIpc) is 3.09. The van der Waals surface area contributed by atoms with Gasteiger partial charge in [-0.2, -0.15) is 0 Å². The Balaban J connectivity index is 2.04. The maximum atomic E-state index is 12.5. The zero-order chi connectivity index (χ0) is 14.3. The molecule has 1 N–H and O–H groups in total. The number of hydrogen-bond donors (Lipinski definition) is 1. The second-order valence-corrected chi connectivity index (χ2v) is 7.67. The van der Waals surface area contributed by atoms with Gasteiger partial charge in [-0.3, -0.25) is 0 Å². The highest BCUT2D eigenvalue weighted by Crippen LogP contribution is 2.32. The van der Waals surface area contributed by atoms with E-state index in [0.717, 1.165) is 56.5 Å². The molecule has 3 rings (SSSR count). The maximum Gasteiger partial charge on any atom is 0.260 e. The van der Waals surface area contributed by atoms with Crippen molar-refractivity contribution in [1.29, 1.82) is 0 Å². The molecule has 0 amide bonds. The fraction of sp³-hybridized carbons (Fsp3) is 0.786. The first-order valence-electron chi connectivity index (χ1n) is 7.65. The van der Waals surface area contributed by atoms with Crippen LogP contribution in [0.15, 0.2) is 5.03 Å². The van der Waals surface area contributed by atoms with Gasteiger partial charge in [0.25, 0.3) is 10.0 Å². The van der Waals surface area contributed by atoms with E-state index in [-0.39, 0.29) is 6.04 Å². The van der Waals surface area contributed by atoms with Gasteiger partial charge in [0, 0.05) is 18.5 Å². The standard InChI is InChI=1S/C14H23N3O2S/c1-3-5-13-15-14(20(18,19)16-11-8-9-11)12-7-4-6-10(2)17(12)13/h10-11,16H,3-9H2,1-2H3. The molecule has 1 fully saturated rings. The number of sulfonamides is 1. The summed E-state index contributed by atoms with van der Waals surface area (Å²) in [6.07, 6.45) is 6.71. The first kappa shape index (κ1) is 14.1. The molecular weight excluding hydrogens is 274 g/mol. The quantitative estimate of drug-likeness (QED) is 0.906. The summed E-state index contributed by atoms with van der Waals surface area (Å²) in [7, 11) is -3.44. The third kappa shape index (κ3) is 2.51. The second kappa shape index (κ2) is 5.15. The number of hydrogen-bond acceptors (Lipinski definition) is 3. The van der Waals surface area contributed by atoms with Gasteiger partial charge in [0.05, 0.1) is 5.69 Å². The van der Waals surface area contributed by atoms with E-state index in [0.29, 0.717) is 11.1 Å². The average molecular weight is 297 g/mol. The molecule has 1 atom stereocenters. The van der Waals surface area contributed by atoms with Crippen molar-refractivity contribution in [1.82, 2.24) is 14.3 Å². The molecule has 0 bridgehead atoms. The molecule has 1 aliphatic heterocycles. The van der Waals surface area contributed by atoms with Gasteiger partial charge in [0.1, 0.15) is 5.82 Å². The Bertz CT molecular complexity index is 602. The van der Waals surface area contributed by atoms with Crippen LogP contribution in [0.25, 0.3) is 0 Å². The normalized spacial score (nSPS) is 22.8. The SMILES string of the molecule is CCCc1nc(S(=O)(=O)NC2CC2)c2n1C(C)CCC2. The van der Waals surface area contributed by atoms with E-state index in [1.807, 2.05) is 0 Å². The number of rotatable bonds is 5. The fourth-order valence-corrected chi connectivity index (χ4v) is 4.55. The minimum atomic E-state index is -3.44. The van der Waals surface area contributed by atoms with Crippen molar-refractivity contribution in [3.8, 4) is 0 Å². The third-order valence-electron chi connectivity index (χ3n) is 4.15. The molecule has 20 heavy (non-hydrogen) atoms. The Morgan fingerprint density at radius 2 is 2.10 bits per heavy atom. The Morgan fingerprint density at radius 1 is 1.35 bits per heavy atom. The molecule has 0 saturated heterocycles. The highest BCUT2D eigenvalue weighted by atomic mass is 32.2. The molecule has 0 aromatic carbocycles. The zero-order valence-electron chi connectivity index (χ0n) is 12.2. The van der Waals surface area contributed by atoms with Crippen molar-refractivity contribution in [3.63, 3.8) is 0 Å². The molecule has 5 nitrogen and oxygen atoms in total.